The Morgan fingerprint density at radius 1 is 1.12 bits per heavy atom. The molecule has 2 aliphatic rings. The first kappa shape index (κ1) is 21.7. The molecule has 2 aromatic rings. The van der Waals surface area contributed by atoms with Crippen molar-refractivity contribution in [3.05, 3.63) is 59.2 Å². The lowest BCUT2D eigenvalue weighted by Gasteiger charge is -2.36. The second-order valence-corrected chi connectivity index (χ2v) is 7.67. The molecule has 0 saturated carbocycles. The quantitative estimate of drug-likeness (QED) is 0.571. The number of nitrogens with one attached hydrogen (secondary N) is 1. The summed E-state index contributed by atoms with van der Waals surface area (Å²) in [4.78, 5) is 32.7. The fraction of sp³-hybridized carbons (Fsp3) is 0.375. The highest BCUT2D eigenvalue weighted by Crippen LogP contribution is 2.36. The van der Waals surface area contributed by atoms with Gasteiger partial charge in [0.05, 0.1) is 20.8 Å². The van der Waals surface area contributed by atoms with Crippen molar-refractivity contribution in [2.45, 2.75) is 25.9 Å². The molecular weight excluding hydrogens is 410 g/mol. The molecule has 0 radical (unpaired) electrons. The van der Waals surface area contributed by atoms with Crippen LogP contribution in [0.1, 0.15) is 29.7 Å². The maximum Gasteiger partial charge on any atom is 0.321 e. The Labute approximate surface area is 187 Å². The predicted octanol–water partition coefficient (Wildman–Crippen LogP) is 2.47. The fourth-order valence-corrected chi connectivity index (χ4v) is 4.18. The molecule has 0 spiro atoms. The van der Waals surface area contributed by atoms with E-state index in [-0.39, 0.29) is 6.61 Å². The summed E-state index contributed by atoms with van der Waals surface area (Å²) in [5.41, 5.74) is 3.17. The minimum Gasteiger partial charge on any atom is -0.493 e. The van der Waals surface area contributed by atoms with Crippen LogP contribution in [0.25, 0.3) is 0 Å². The van der Waals surface area contributed by atoms with Crippen molar-refractivity contribution in [2.24, 2.45) is 10.9 Å². The molecule has 0 bridgehead atoms. The Morgan fingerprint density at radius 2 is 1.88 bits per heavy atom. The normalized spacial score (nSPS) is 20.0. The van der Waals surface area contributed by atoms with Crippen molar-refractivity contribution < 1.29 is 23.8 Å². The Morgan fingerprint density at radius 3 is 2.59 bits per heavy atom. The number of carbonyl (C=O) groups is 2. The Hall–Kier alpha value is -3.55. The Balaban J connectivity index is 1.72. The topological polar surface area (TPSA) is 89.5 Å². The summed E-state index contributed by atoms with van der Waals surface area (Å²) >= 11 is 0. The van der Waals surface area contributed by atoms with E-state index >= 15 is 0 Å². The number of hydrogen-bond donors (Lipinski definition) is 1. The zero-order valence-corrected chi connectivity index (χ0v) is 18.5. The zero-order valence-electron chi connectivity index (χ0n) is 18.5. The minimum atomic E-state index is -1.09. The summed E-state index contributed by atoms with van der Waals surface area (Å²) in [6.45, 7) is 3.25. The van der Waals surface area contributed by atoms with Crippen molar-refractivity contribution >= 4 is 17.8 Å². The van der Waals surface area contributed by atoms with E-state index < -0.39 is 23.8 Å². The first-order chi connectivity index (χ1) is 15.5. The van der Waals surface area contributed by atoms with Crippen molar-refractivity contribution in [1.29, 1.82) is 0 Å². The van der Waals surface area contributed by atoms with Crippen LogP contribution >= 0.6 is 0 Å². The number of esters is 1. The lowest BCUT2D eigenvalue weighted by Crippen LogP contribution is -2.53. The zero-order chi connectivity index (χ0) is 22.7. The number of nitrogens with zero attached hydrogens (tertiary/aromatic N) is 2. The Kier molecular flexibility index (Phi) is 6.30. The molecule has 2 aliphatic heterocycles. The largest absolute Gasteiger partial charge is 0.493 e. The molecule has 0 unspecified atom stereocenters. The van der Waals surface area contributed by atoms with Crippen LogP contribution < -0.4 is 14.8 Å². The third-order valence-corrected chi connectivity index (χ3v) is 5.81. The van der Waals surface area contributed by atoms with Crippen LogP contribution in [0.3, 0.4) is 0 Å². The van der Waals surface area contributed by atoms with Crippen LogP contribution in [0.4, 0.5) is 0 Å². The van der Waals surface area contributed by atoms with E-state index in [2.05, 4.69) is 17.4 Å². The number of ether oxygens (including phenoxy) is 3. The van der Waals surface area contributed by atoms with Gasteiger partial charge in [-0.25, -0.2) is 4.99 Å². The molecule has 8 heteroatoms. The van der Waals surface area contributed by atoms with Gasteiger partial charge in [0.2, 0.25) is 11.9 Å². The maximum absolute atomic E-state index is 13.1. The number of benzene rings is 2. The van der Waals surface area contributed by atoms with Gasteiger partial charge in [-0.15, -0.1) is 0 Å². The number of rotatable bonds is 5. The van der Waals surface area contributed by atoms with Crippen molar-refractivity contribution in [3.63, 3.8) is 0 Å². The molecule has 168 valence electrons. The van der Waals surface area contributed by atoms with Gasteiger partial charge in [0.25, 0.3) is 0 Å². The average Bonchev–Trinajstić information content (AvgIpc) is 2.82. The van der Waals surface area contributed by atoms with Gasteiger partial charge in [0, 0.05) is 13.1 Å². The monoisotopic (exact) mass is 437 g/mol. The molecule has 0 aromatic heterocycles. The third-order valence-electron chi connectivity index (χ3n) is 5.81. The second kappa shape index (κ2) is 9.30. The summed E-state index contributed by atoms with van der Waals surface area (Å²) in [6.07, 6.45) is 0.855. The van der Waals surface area contributed by atoms with E-state index in [1.54, 1.807) is 32.2 Å². The second-order valence-electron chi connectivity index (χ2n) is 7.67. The van der Waals surface area contributed by atoms with Crippen LogP contribution in [0.5, 0.6) is 11.5 Å². The SMILES string of the molecule is CCOC(=O)[C@H]1C(=O)NC(N2CCc3ccccc3C2)=N[C@H]1c1ccc(OC)c(OC)c1. The average molecular weight is 437 g/mol. The van der Waals surface area contributed by atoms with Crippen molar-refractivity contribution in [3.8, 4) is 11.5 Å². The van der Waals surface area contributed by atoms with Crippen LogP contribution in [-0.2, 0) is 27.3 Å². The molecule has 1 N–H and O–H groups in total. The van der Waals surface area contributed by atoms with E-state index in [1.165, 1.54) is 18.2 Å². The van der Waals surface area contributed by atoms with Crippen LogP contribution in [0.2, 0.25) is 0 Å². The number of carbonyl (C=O) groups excluding carboxylic acids is 2. The minimum absolute atomic E-state index is 0.181. The summed E-state index contributed by atoms with van der Waals surface area (Å²) in [7, 11) is 3.09. The Bertz CT molecular complexity index is 1050. The fourth-order valence-electron chi connectivity index (χ4n) is 4.18. The summed E-state index contributed by atoms with van der Waals surface area (Å²) < 4.78 is 15.9. The van der Waals surface area contributed by atoms with Gasteiger partial charge in [0.15, 0.2) is 17.4 Å². The number of hydrogen-bond acceptors (Lipinski definition) is 7. The molecule has 2 aromatic carbocycles. The van der Waals surface area contributed by atoms with Gasteiger partial charge in [-0.3, -0.25) is 14.9 Å². The van der Waals surface area contributed by atoms with E-state index in [0.717, 1.165) is 13.0 Å². The highest BCUT2D eigenvalue weighted by atomic mass is 16.5. The molecule has 32 heavy (non-hydrogen) atoms. The first-order valence-electron chi connectivity index (χ1n) is 10.6. The molecule has 0 fully saturated rings. The van der Waals surface area contributed by atoms with E-state index in [0.29, 0.717) is 29.6 Å². The summed E-state index contributed by atoms with van der Waals surface area (Å²) in [5.74, 6) is -0.592. The van der Waals surface area contributed by atoms with Crippen LogP contribution in [-0.4, -0.2) is 50.1 Å². The van der Waals surface area contributed by atoms with Gasteiger partial charge < -0.3 is 19.1 Å². The molecule has 2 heterocycles. The maximum atomic E-state index is 13.1. The molecule has 0 saturated heterocycles. The lowest BCUT2D eigenvalue weighted by molar-refractivity contribution is -0.153. The predicted molar refractivity (Wildman–Crippen MR) is 119 cm³/mol. The standard InChI is InChI=1S/C24H27N3O5/c1-4-32-23(29)20-21(16-9-10-18(30-2)19(13-16)31-3)25-24(26-22(20)28)27-12-11-15-7-5-6-8-17(15)14-27/h5-10,13,20-21H,4,11-12,14H2,1-3H3,(H,25,26,28)/t20-,21+/m1/s1. The first-order valence-corrected chi connectivity index (χ1v) is 10.6. The van der Waals surface area contributed by atoms with E-state index in [4.69, 9.17) is 19.2 Å². The third kappa shape index (κ3) is 4.12. The van der Waals surface area contributed by atoms with E-state index in [9.17, 15) is 9.59 Å². The highest BCUT2D eigenvalue weighted by Gasteiger charge is 2.42. The van der Waals surface area contributed by atoms with Crippen molar-refractivity contribution in [1.82, 2.24) is 10.2 Å². The lowest BCUT2D eigenvalue weighted by atomic mass is 9.91. The van der Waals surface area contributed by atoms with Gasteiger partial charge in [0.1, 0.15) is 6.04 Å². The summed E-state index contributed by atoms with van der Waals surface area (Å²) in [5, 5.41) is 2.84. The smallest absolute Gasteiger partial charge is 0.321 e. The number of aliphatic imine (C=N–C) groups is 1. The van der Waals surface area contributed by atoms with Gasteiger partial charge in [-0.2, -0.15) is 0 Å². The van der Waals surface area contributed by atoms with Crippen LogP contribution in [0.15, 0.2) is 47.5 Å². The molecule has 8 nitrogen and oxygen atoms in total. The molecule has 1 amide bonds. The van der Waals surface area contributed by atoms with Gasteiger partial charge in [-0.05, 0) is 42.2 Å². The molecule has 2 atom stereocenters. The van der Waals surface area contributed by atoms with Gasteiger partial charge >= 0.3 is 5.97 Å². The van der Waals surface area contributed by atoms with Crippen LogP contribution in [0, 0.1) is 5.92 Å². The number of amides is 1. The van der Waals surface area contributed by atoms with E-state index in [1.807, 2.05) is 17.0 Å². The molecule has 4 rings (SSSR count). The highest BCUT2D eigenvalue weighted by molar-refractivity contribution is 6.08. The van der Waals surface area contributed by atoms with Crippen molar-refractivity contribution in [2.75, 3.05) is 27.4 Å². The molecule has 0 aliphatic carbocycles. The van der Waals surface area contributed by atoms with Gasteiger partial charge in [-0.1, -0.05) is 30.3 Å². The number of guanidine groups is 1. The summed E-state index contributed by atoms with van der Waals surface area (Å²) in [6, 6.07) is 12.8. The number of fused-ring (bicyclic) bond motifs is 1. The number of methoxy groups -OCH3 is 2. The molecular formula is C24H27N3O5.